The molecule has 2 heterocycles. The van der Waals surface area contributed by atoms with Crippen LogP contribution in [0, 0.1) is 0 Å². The Morgan fingerprint density at radius 2 is 0.811 bits per heavy atom. The van der Waals surface area contributed by atoms with Gasteiger partial charge in [-0.25, -0.2) is 0 Å². The van der Waals surface area contributed by atoms with Gasteiger partial charge in [0.15, 0.2) is 0 Å². The van der Waals surface area contributed by atoms with E-state index in [-0.39, 0.29) is 28.4 Å². The summed E-state index contributed by atoms with van der Waals surface area (Å²) in [7, 11) is 0. The minimum atomic E-state index is 0.00625. The van der Waals surface area contributed by atoms with Crippen LogP contribution in [-0.4, -0.2) is 6.71 Å². The van der Waals surface area contributed by atoms with Crippen LogP contribution in [0.5, 0.6) is 0 Å². The Kier molecular flexibility index (Phi) is 7.90. The van der Waals surface area contributed by atoms with E-state index in [0.717, 1.165) is 0 Å². The van der Waals surface area contributed by atoms with Crippen LogP contribution >= 0.6 is 0 Å². The first kappa shape index (κ1) is 35.3. The SMILES string of the molecule is CC(C)(C)c1ccc(N2c3ccc(C(C)(C)C)cc3B3c4cc(C(C)(C)C)ccc4N(c4ccc(C(C)(C)C)cc4)c4c3c2cc2ccccc42)cc1. The summed E-state index contributed by atoms with van der Waals surface area (Å²) in [6.45, 7) is 27.9. The Morgan fingerprint density at radius 1 is 0.396 bits per heavy atom. The largest absolute Gasteiger partial charge is 0.311 e. The molecule has 2 aliphatic rings. The van der Waals surface area contributed by atoms with Crippen molar-refractivity contribution in [3.05, 3.63) is 138 Å². The third kappa shape index (κ3) is 5.88. The lowest BCUT2D eigenvalue weighted by Gasteiger charge is -2.45. The van der Waals surface area contributed by atoms with Gasteiger partial charge in [-0.15, -0.1) is 0 Å². The van der Waals surface area contributed by atoms with Gasteiger partial charge >= 0.3 is 0 Å². The van der Waals surface area contributed by atoms with Crippen molar-refractivity contribution in [3.8, 4) is 0 Å². The van der Waals surface area contributed by atoms with E-state index in [0.29, 0.717) is 0 Å². The molecule has 0 saturated heterocycles. The number of benzene rings is 6. The van der Waals surface area contributed by atoms with Gasteiger partial charge in [0, 0.05) is 33.8 Å². The molecule has 6 aromatic rings. The topological polar surface area (TPSA) is 6.48 Å². The van der Waals surface area contributed by atoms with Gasteiger partial charge in [0.2, 0.25) is 0 Å². The summed E-state index contributed by atoms with van der Waals surface area (Å²) in [6.07, 6.45) is 0. The van der Waals surface area contributed by atoms with E-state index in [1.165, 1.54) is 83.5 Å². The molecule has 0 unspecified atom stereocenters. The first-order valence-electron chi connectivity index (χ1n) is 19.5. The molecular formula is C50H55BN2. The van der Waals surface area contributed by atoms with Crippen molar-refractivity contribution < 1.29 is 0 Å². The minimum Gasteiger partial charge on any atom is -0.311 e. The molecule has 0 aromatic heterocycles. The average Bonchev–Trinajstić information content (AvgIpc) is 3.09. The van der Waals surface area contributed by atoms with Crippen molar-refractivity contribution in [2.24, 2.45) is 0 Å². The molecule has 3 heteroatoms. The average molecular weight is 695 g/mol. The van der Waals surface area contributed by atoms with Crippen molar-refractivity contribution >= 4 is 68.0 Å². The molecule has 0 fully saturated rings. The van der Waals surface area contributed by atoms with Gasteiger partial charge in [-0.05, 0) is 108 Å². The third-order valence-electron chi connectivity index (χ3n) is 11.7. The molecular weight excluding hydrogens is 639 g/mol. The standard InChI is InChI=1S/C50H55BN2/c1-47(2,3)33-17-23-37(24-18-33)52-42-27-21-35(49(7,8)9)30-40(42)51-41-31-36(50(10,11)12)22-28-43(41)53(38-25-19-34(20-26-38)48(4,5)6)46-39-16-14-13-15-32(39)29-44(52)45(46)51/h13-31H,1-12H3. The lowest BCUT2D eigenvalue weighted by Crippen LogP contribution is -2.61. The molecule has 53 heavy (non-hydrogen) atoms. The van der Waals surface area contributed by atoms with Crippen molar-refractivity contribution in [3.63, 3.8) is 0 Å². The predicted octanol–water partition coefficient (Wildman–Crippen LogP) is 12.1. The van der Waals surface area contributed by atoms with Crippen LogP contribution < -0.4 is 26.2 Å². The third-order valence-corrected chi connectivity index (χ3v) is 11.7. The summed E-state index contributed by atoms with van der Waals surface area (Å²) in [4.78, 5) is 5.13. The molecule has 0 bridgehead atoms. The van der Waals surface area contributed by atoms with Crippen molar-refractivity contribution in [2.75, 3.05) is 9.80 Å². The number of hydrogen-bond donors (Lipinski definition) is 0. The summed E-state index contributed by atoms with van der Waals surface area (Å²) in [5, 5.41) is 2.53. The Hall–Kier alpha value is -4.76. The fourth-order valence-electron chi connectivity index (χ4n) is 8.45. The normalized spacial score (nSPS) is 14.3. The first-order chi connectivity index (χ1) is 24.8. The summed E-state index contributed by atoms with van der Waals surface area (Å²) < 4.78 is 0. The maximum atomic E-state index is 2.57. The maximum Gasteiger partial charge on any atom is 0.252 e. The Morgan fingerprint density at radius 3 is 1.28 bits per heavy atom. The Labute approximate surface area is 319 Å². The van der Waals surface area contributed by atoms with E-state index in [2.05, 4.69) is 208 Å². The highest BCUT2D eigenvalue weighted by molar-refractivity contribution is 7.00. The zero-order valence-electron chi connectivity index (χ0n) is 33.9. The van der Waals surface area contributed by atoms with Gasteiger partial charge < -0.3 is 9.80 Å². The zero-order valence-corrected chi connectivity index (χ0v) is 33.9. The minimum absolute atomic E-state index is 0.00625. The maximum absolute atomic E-state index is 2.57. The van der Waals surface area contributed by atoms with Gasteiger partial charge in [-0.3, -0.25) is 0 Å². The van der Waals surface area contributed by atoms with Crippen LogP contribution in [0.15, 0.2) is 115 Å². The van der Waals surface area contributed by atoms with E-state index in [9.17, 15) is 0 Å². The van der Waals surface area contributed by atoms with Crippen molar-refractivity contribution in [1.29, 1.82) is 0 Å². The summed E-state index contributed by atoms with van der Waals surface area (Å²) >= 11 is 0. The number of anilines is 6. The lowest BCUT2D eigenvalue weighted by atomic mass is 9.33. The molecule has 0 saturated carbocycles. The molecule has 2 nitrogen and oxygen atoms in total. The van der Waals surface area contributed by atoms with Crippen LogP contribution in [0.1, 0.15) is 105 Å². The first-order valence-corrected chi connectivity index (χ1v) is 19.5. The van der Waals surface area contributed by atoms with Crippen LogP contribution in [0.3, 0.4) is 0 Å². The van der Waals surface area contributed by atoms with E-state index in [4.69, 9.17) is 0 Å². The molecule has 0 radical (unpaired) electrons. The molecule has 0 spiro atoms. The summed E-state index contributed by atoms with van der Waals surface area (Å²) in [5.74, 6) is 0. The second-order valence-corrected chi connectivity index (χ2v) is 19.6. The van der Waals surface area contributed by atoms with Crippen molar-refractivity contribution in [1.82, 2.24) is 0 Å². The van der Waals surface area contributed by atoms with E-state index >= 15 is 0 Å². The van der Waals surface area contributed by atoms with Gasteiger partial charge in [-0.2, -0.15) is 0 Å². The Bertz CT molecular complexity index is 2350. The molecule has 6 aromatic carbocycles. The van der Waals surface area contributed by atoms with Crippen LogP contribution in [-0.2, 0) is 21.7 Å². The number of fused-ring (bicyclic) bond motifs is 6. The highest BCUT2D eigenvalue weighted by Crippen LogP contribution is 2.48. The highest BCUT2D eigenvalue weighted by Gasteiger charge is 2.45. The van der Waals surface area contributed by atoms with Crippen LogP contribution in [0.25, 0.3) is 10.8 Å². The number of hydrogen-bond acceptors (Lipinski definition) is 2. The zero-order chi connectivity index (χ0) is 37.8. The highest BCUT2D eigenvalue weighted by atomic mass is 15.2. The quantitative estimate of drug-likeness (QED) is 0.166. The number of rotatable bonds is 2. The fraction of sp³-hybridized carbons (Fsp3) is 0.320. The van der Waals surface area contributed by atoms with Crippen LogP contribution in [0.2, 0.25) is 0 Å². The second kappa shape index (κ2) is 11.9. The molecule has 2 aliphatic heterocycles. The monoisotopic (exact) mass is 694 g/mol. The van der Waals surface area contributed by atoms with E-state index in [1.54, 1.807) is 0 Å². The Balaban J connectivity index is 1.51. The molecule has 0 aliphatic carbocycles. The second-order valence-electron chi connectivity index (χ2n) is 19.6. The van der Waals surface area contributed by atoms with E-state index < -0.39 is 0 Å². The van der Waals surface area contributed by atoms with Gasteiger partial charge in [0.1, 0.15) is 0 Å². The molecule has 0 N–H and O–H groups in total. The smallest absolute Gasteiger partial charge is 0.252 e. The molecule has 8 rings (SSSR count). The van der Waals surface area contributed by atoms with Crippen molar-refractivity contribution in [2.45, 2.75) is 105 Å². The fourth-order valence-corrected chi connectivity index (χ4v) is 8.45. The number of nitrogens with zero attached hydrogens (tertiary/aromatic N) is 2. The summed E-state index contributed by atoms with van der Waals surface area (Å²) in [6, 6.07) is 44.7. The van der Waals surface area contributed by atoms with Gasteiger partial charge in [-0.1, -0.05) is 156 Å². The lowest BCUT2D eigenvalue weighted by molar-refractivity contribution is 0.590. The van der Waals surface area contributed by atoms with Crippen LogP contribution in [0.4, 0.5) is 34.1 Å². The molecule has 268 valence electrons. The molecule has 0 amide bonds. The predicted molar refractivity (Wildman–Crippen MR) is 233 cm³/mol. The van der Waals surface area contributed by atoms with Gasteiger partial charge in [0.25, 0.3) is 6.71 Å². The van der Waals surface area contributed by atoms with Gasteiger partial charge in [0.05, 0.1) is 5.69 Å². The molecule has 0 atom stereocenters. The van der Waals surface area contributed by atoms with E-state index in [1.807, 2.05) is 0 Å². The summed E-state index contributed by atoms with van der Waals surface area (Å²) in [5.41, 5.74) is 17.1.